The van der Waals surface area contributed by atoms with E-state index in [2.05, 4.69) is 26.6 Å². The van der Waals surface area contributed by atoms with Crippen LogP contribution in [0.15, 0.2) is 59.4 Å². The molecule has 4 aromatic rings. The summed E-state index contributed by atoms with van der Waals surface area (Å²) in [6, 6.07) is 10.9. The normalized spacial score (nSPS) is 18.3. The van der Waals surface area contributed by atoms with E-state index >= 15 is 4.39 Å². The van der Waals surface area contributed by atoms with E-state index in [0.717, 1.165) is 32.5 Å². The van der Waals surface area contributed by atoms with Crippen molar-refractivity contribution in [1.82, 2.24) is 41.0 Å². The van der Waals surface area contributed by atoms with Crippen LogP contribution in [-0.2, 0) is 74.6 Å². The van der Waals surface area contributed by atoms with Crippen molar-refractivity contribution in [2.24, 2.45) is 0 Å². The van der Waals surface area contributed by atoms with Crippen LogP contribution < -0.4 is 32.1 Å². The van der Waals surface area contributed by atoms with Gasteiger partial charge in [-0.2, -0.15) is 0 Å². The third-order valence-electron chi connectivity index (χ3n) is 13.7. The van der Waals surface area contributed by atoms with Gasteiger partial charge in [0, 0.05) is 53.6 Å². The Hall–Kier alpha value is -7.20. The van der Waals surface area contributed by atoms with Crippen LogP contribution in [0.1, 0.15) is 90.3 Å². The molecule has 0 radical (unpaired) electrons. The summed E-state index contributed by atoms with van der Waals surface area (Å²) < 4.78 is 28.2. The topological polar surface area (TPSA) is 277 Å². The molecular formula is C51H57FN8O12. The van der Waals surface area contributed by atoms with Crippen molar-refractivity contribution in [3.63, 3.8) is 0 Å². The van der Waals surface area contributed by atoms with Gasteiger partial charge in [-0.05, 0) is 73.8 Å². The third kappa shape index (κ3) is 10.8. The van der Waals surface area contributed by atoms with Crippen LogP contribution in [0.2, 0.25) is 0 Å². The molecule has 3 aliphatic heterocycles. The van der Waals surface area contributed by atoms with E-state index in [4.69, 9.17) is 14.5 Å². The molecule has 4 aliphatic rings. The standard InChI is InChI=1S/C51H57FN8O12/c1-3-51(70)34-19-38-47-32(24-60(38)49(68)33(34)26-72-50(51)69)45-30(13-14-31-28(2)35(52)20-36(58-47)46(31)45)25-71-27-56-41(63)22-55-48(67)37(18-29-10-6-4-7-11-29)57-42(64)23-54-40(62)21-53-39(61)12-8-5-9-17-59-43(65)15-16-44(59)66/h4,6-7,10-11,15-16,19-20,30,37,42,57,64,70H,3,5,8-9,12-14,17-18,21-27H2,1-2H3,(H,53,61)(H,54,62)(H,55,67)(H,56,63)/t30?,37-,42?,51-/m0/s1. The highest BCUT2D eigenvalue weighted by molar-refractivity contribution is 6.12. The number of aliphatic hydroxyl groups excluding tert-OH is 1. The second-order valence-electron chi connectivity index (χ2n) is 18.4. The van der Waals surface area contributed by atoms with Crippen LogP contribution in [0.4, 0.5) is 4.39 Å². The van der Waals surface area contributed by atoms with Gasteiger partial charge in [0.25, 0.3) is 17.4 Å². The molecule has 7 N–H and O–H groups in total. The van der Waals surface area contributed by atoms with Crippen molar-refractivity contribution in [3.8, 4) is 11.4 Å². The van der Waals surface area contributed by atoms with Crippen LogP contribution in [0.5, 0.6) is 0 Å². The molecule has 0 saturated heterocycles. The second-order valence-corrected chi connectivity index (χ2v) is 18.4. The van der Waals surface area contributed by atoms with Crippen molar-refractivity contribution in [2.75, 3.05) is 39.5 Å². The molecule has 0 fully saturated rings. The molecule has 72 heavy (non-hydrogen) atoms. The van der Waals surface area contributed by atoms with Gasteiger partial charge in [0.05, 0.1) is 61.3 Å². The summed E-state index contributed by atoms with van der Waals surface area (Å²) >= 11 is 0. The SMILES string of the molecule is CC[C@@]1(O)C(=O)OCc2c1cc1n(c2=O)Cc2c-1nc1cc(F)c(C)c3c1c2C(COCNC(=O)CNC(=O)[C@H](Cc1ccccc1)NC(O)CNC(=O)CNC(=O)CCCCCN1C(=O)C=CC1=O)CC3. The summed E-state index contributed by atoms with van der Waals surface area (Å²) in [6.45, 7) is 2.28. The molecule has 2 aromatic carbocycles. The number of hydrogen-bond acceptors (Lipinski definition) is 14. The molecule has 6 amide bonds. The Labute approximate surface area is 412 Å². The van der Waals surface area contributed by atoms with Gasteiger partial charge >= 0.3 is 5.97 Å². The molecule has 0 spiro atoms. The maximum Gasteiger partial charge on any atom is 0.343 e. The predicted molar refractivity (Wildman–Crippen MR) is 256 cm³/mol. The highest BCUT2D eigenvalue weighted by Crippen LogP contribution is 2.46. The maximum absolute atomic E-state index is 15.4. The number of fused-ring (bicyclic) bond motifs is 5. The van der Waals surface area contributed by atoms with Gasteiger partial charge in [0.15, 0.2) is 5.60 Å². The number of esters is 1. The number of aliphatic hydroxyl groups is 2. The molecule has 5 heterocycles. The minimum absolute atomic E-state index is 0.0213. The highest BCUT2D eigenvalue weighted by atomic mass is 19.1. The zero-order chi connectivity index (χ0) is 51.3. The van der Waals surface area contributed by atoms with Gasteiger partial charge in [-0.25, -0.2) is 14.2 Å². The first-order chi connectivity index (χ1) is 34.6. The van der Waals surface area contributed by atoms with E-state index in [9.17, 15) is 48.6 Å². The van der Waals surface area contributed by atoms with E-state index in [1.165, 1.54) is 22.8 Å². The molecule has 1 aliphatic carbocycles. The largest absolute Gasteiger partial charge is 0.458 e. The Morgan fingerprint density at radius 2 is 1.67 bits per heavy atom. The number of aromatic nitrogens is 2. The second kappa shape index (κ2) is 22.1. The lowest BCUT2D eigenvalue weighted by atomic mass is 9.78. The Balaban J connectivity index is 0.828. The van der Waals surface area contributed by atoms with Gasteiger partial charge in [-0.15, -0.1) is 0 Å². The van der Waals surface area contributed by atoms with Crippen molar-refractivity contribution in [3.05, 3.63) is 110 Å². The van der Waals surface area contributed by atoms with Crippen molar-refractivity contribution in [2.45, 2.75) is 102 Å². The summed E-state index contributed by atoms with van der Waals surface area (Å²) in [6.07, 6.45) is 3.97. The lowest BCUT2D eigenvalue weighted by molar-refractivity contribution is -0.172. The molecule has 4 atom stereocenters. The van der Waals surface area contributed by atoms with Gasteiger partial charge < -0.3 is 45.5 Å². The average Bonchev–Trinajstić information content (AvgIpc) is 3.91. The Bertz CT molecular complexity index is 2910. The molecule has 21 heteroatoms. The Kier molecular flexibility index (Phi) is 15.7. The van der Waals surface area contributed by atoms with Crippen LogP contribution in [0.25, 0.3) is 22.3 Å². The monoisotopic (exact) mass is 992 g/mol. The number of nitrogens with one attached hydrogen (secondary N) is 5. The number of unbranched alkanes of at least 4 members (excludes halogenated alkanes) is 2. The number of cyclic esters (lactones) is 1. The van der Waals surface area contributed by atoms with Gasteiger partial charge in [-0.3, -0.25) is 43.8 Å². The first-order valence-electron chi connectivity index (χ1n) is 24.1. The number of nitrogens with zero attached hydrogens (tertiary/aromatic N) is 3. The summed E-state index contributed by atoms with van der Waals surface area (Å²) in [4.78, 5) is 107. The Morgan fingerprint density at radius 1 is 0.931 bits per heavy atom. The van der Waals surface area contributed by atoms with E-state index < -0.39 is 59.5 Å². The fourth-order valence-electron chi connectivity index (χ4n) is 9.80. The van der Waals surface area contributed by atoms with Crippen molar-refractivity contribution in [1.29, 1.82) is 0 Å². The molecule has 2 aromatic heterocycles. The molecule has 2 unspecified atom stereocenters. The number of carbonyl (C=O) groups is 7. The number of aryl methyl sites for hydroxylation is 1. The summed E-state index contributed by atoms with van der Waals surface area (Å²) in [5, 5.41) is 36.0. The van der Waals surface area contributed by atoms with Crippen LogP contribution in [0.3, 0.4) is 0 Å². The Morgan fingerprint density at radius 3 is 2.42 bits per heavy atom. The quantitative estimate of drug-likeness (QED) is 0.0221. The molecule has 0 bridgehead atoms. The van der Waals surface area contributed by atoms with E-state index in [1.807, 2.05) is 6.07 Å². The molecular weight excluding hydrogens is 936 g/mol. The van der Waals surface area contributed by atoms with E-state index in [0.29, 0.717) is 54.6 Å². The number of halogens is 1. The maximum atomic E-state index is 15.4. The fourth-order valence-corrected chi connectivity index (χ4v) is 9.80. The highest BCUT2D eigenvalue weighted by Gasteiger charge is 2.46. The van der Waals surface area contributed by atoms with Crippen LogP contribution >= 0.6 is 0 Å². The van der Waals surface area contributed by atoms with Crippen molar-refractivity contribution >= 4 is 52.3 Å². The number of rotatable bonds is 22. The summed E-state index contributed by atoms with van der Waals surface area (Å²) in [5.74, 6) is -4.35. The number of benzene rings is 2. The van der Waals surface area contributed by atoms with Crippen LogP contribution in [0, 0.1) is 12.7 Å². The predicted octanol–water partition coefficient (Wildman–Crippen LogP) is 1.00. The number of amides is 6. The number of pyridine rings is 2. The number of ether oxygens (including phenoxy) is 2. The first-order valence-corrected chi connectivity index (χ1v) is 24.1. The van der Waals surface area contributed by atoms with E-state index in [1.54, 1.807) is 44.2 Å². The molecule has 0 saturated carbocycles. The minimum Gasteiger partial charge on any atom is -0.458 e. The smallest absolute Gasteiger partial charge is 0.343 e. The third-order valence-corrected chi connectivity index (χ3v) is 13.7. The summed E-state index contributed by atoms with van der Waals surface area (Å²) in [7, 11) is 0. The van der Waals surface area contributed by atoms with Gasteiger partial charge in [0.1, 0.15) is 25.4 Å². The lowest BCUT2D eigenvalue weighted by Crippen LogP contribution is -2.54. The zero-order valence-electron chi connectivity index (χ0n) is 39.9. The zero-order valence-corrected chi connectivity index (χ0v) is 39.9. The minimum atomic E-state index is -2.02. The summed E-state index contributed by atoms with van der Waals surface area (Å²) in [5.41, 5.74) is 2.78. The first kappa shape index (κ1) is 51.2. The lowest BCUT2D eigenvalue weighted by Gasteiger charge is -2.31. The van der Waals surface area contributed by atoms with E-state index in [-0.39, 0.29) is 100 Å². The molecule has 20 nitrogen and oxygen atoms in total. The average molecular weight is 993 g/mol. The number of hydrogen-bond donors (Lipinski definition) is 7. The number of carbonyl (C=O) groups excluding carboxylic acids is 7. The molecule has 8 rings (SSSR count). The fraction of sp³-hybridized carbons (Fsp3) is 0.431. The van der Waals surface area contributed by atoms with Crippen LogP contribution in [-0.4, -0.2) is 118 Å². The van der Waals surface area contributed by atoms with Gasteiger partial charge in [0.2, 0.25) is 23.6 Å². The van der Waals surface area contributed by atoms with Crippen molar-refractivity contribution < 1.29 is 57.6 Å². The number of imide groups is 1. The molecule has 380 valence electrons. The van der Waals surface area contributed by atoms with Gasteiger partial charge in [-0.1, -0.05) is 43.7 Å².